The average Bonchev–Trinajstić information content (AvgIpc) is 2.04. The lowest BCUT2D eigenvalue weighted by Crippen LogP contribution is -2.35. The number of nitrogens with zero attached hydrogens (tertiary/aromatic N) is 2. The summed E-state index contributed by atoms with van der Waals surface area (Å²) in [6, 6.07) is 1.85. The monoisotopic (exact) mass is 178 g/mol. The van der Waals surface area contributed by atoms with Crippen molar-refractivity contribution in [2.45, 2.75) is 40.0 Å². The third-order valence-electron chi connectivity index (χ3n) is 3.00. The maximum atomic E-state index is 4.31. The van der Waals surface area contributed by atoms with Crippen LogP contribution in [-0.2, 0) is 5.41 Å². The maximum absolute atomic E-state index is 4.31. The highest BCUT2D eigenvalue weighted by molar-refractivity contribution is 5.08. The molecule has 0 aromatic carbocycles. The summed E-state index contributed by atoms with van der Waals surface area (Å²) in [5.74, 6) is 0.919. The van der Waals surface area contributed by atoms with Crippen LogP contribution in [-0.4, -0.2) is 9.97 Å². The molecule has 0 unspecified atom stereocenters. The molecule has 0 saturated carbocycles. The minimum atomic E-state index is 0.00819. The Bertz CT molecular complexity index is 270. The Morgan fingerprint density at radius 3 is 1.77 bits per heavy atom. The van der Waals surface area contributed by atoms with E-state index in [9.17, 15) is 0 Å². The van der Waals surface area contributed by atoms with Crippen molar-refractivity contribution < 1.29 is 0 Å². The van der Waals surface area contributed by atoms with Gasteiger partial charge in [-0.25, -0.2) is 9.97 Å². The van der Waals surface area contributed by atoms with Gasteiger partial charge in [0, 0.05) is 17.8 Å². The molecule has 1 rings (SSSR count). The first kappa shape index (κ1) is 10.2. The van der Waals surface area contributed by atoms with Crippen LogP contribution in [0.2, 0.25) is 0 Å². The van der Waals surface area contributed by atoms with Gasteiger partial charge in [-0.2, -0.15) is 0 Å². The van der Waals surface area contributed by atoms with E-state index in [0.717, 1.165) is 5.82 Å². The number of hydrogen-bond donors (Lipinski definition) is 0. The van der Waals surface area contributed by atoms with Crippen LogP contribution < -0.4 is 0 Å². The van der Waals surface area contributed by atoms with Crippen LogP contribution in [0.5, 0.6) is 0 Å². The van der Waals surface area contributed by atoms with Gasteiger partial charge in [-0.15, -0.1) is 0 Å². The summed E-state index contributed by atoms with van der Waals surface area (Å²) in [5, 5.41) is 0. The molecule has 13 heavy (non-hydrogen) atoms. The number of hydrogen-bond acceptors (Lipinski definition) is 2. The van der Waals surface area contributed by atoms with Crippen molar-refractivity contribution in [2.75, 3.05) is 0 Å². The third kappa shape index (κ3) is 1.87. The van der Waals surface area contributed by atoms with Crippen molar-refractivity contribution in [1.82, 2.24) is 9.97 Å². The molecule has 0 atom stereocenters. The summed E-state index contributed by atoms with van der Waals surface area (Å²) in [4.78, 5) is 8.61. The molecule has 72 valence electrons. The SMILES string of the molecule is CC(C)(C)C(C)(C)c1ncccn1. The lowest BCUT2D eigenvalue weighted by Gasteiger charge is -2.37. The van der Waals surface area contributed by atoms with Crippen LogP contribution in [0.4, 0.5) is 0 Å². The van der Waals surface area contributed by atoms with E-state index in [1.165, 1.54) is 0 Å². The van der Waals surface area contributed by atoms with Gasteiger partial charge >= 0.3 is 0 Å². The fourth-order valence-electron chi connectivity index (χ4n) is 0.957. The molecule has 0 aliphatic rings. The zero-order valence-corrected chi connectivity index (χ0v) is 9.13. The van der Waals surface area contributed by atoms with Gasteiger partial charge in [0.15, 0.2) is 0 Å². The van der Waals surface area contributed by atoms with E-state index in [0.29, 0.717) is 0 Å². The van der Waals surface area contributed by atoms with Gasteiger partial charge in [0.2, 0.25) is 0 Å². The quantitative estimate of drug-likeness (QED) is 0.661. The Balaban J connectivity index is 3.08. The van der Waals surface area contributed by atoms with E-state index < -0.39 is 0 Å². The molecule has 2 nitrogen and oxygen atoms in total. The molecule has 0 aliphatic heterocycles. The van der Waals surface area contributed by atoms with Crippen molar-refractivity contribution in [3.8, 4) is 0 Å². The Labute approximate surface area is 80.4 Å². The fraction of sp³-hybridized carbons (Fsp3) is 0.636. The number of aromatic nitrogens is 2. The Morgan fingerprint density at radius 2 is 1.38 bits per heavy atom. The highest BCUT2D eigenvalue weighted by atomic mass is 14.9. The van der Waals surface area contributed by atoms with E-state index in [2.05, 4.69) is 44.6 Å². The van der Waals surface area contributed by atoms with Crippen LogP contribution in [0.15, 0.2) is 18.5 Å². The molecule has 0 fully saturated rings. The molecule has 1 aromatic heterocycles. The smallest absolute Gasteiger partial charge is 0.134 e. The second kappa shape index (κ2) is 3.09. The van der Waals surface area contributed by atoms with Gasteiger partial charge in [0.05, 0.1) is 0 Å². The molecular formula is C11H18N2. The molecule has 0 saturated heterocycles. The van der Waals surface area contributed by atoms with Gasteiger partial charge in [0.1, 0.15) is 5.82 Å². The van der Waals surface area contributed by atoms with E-state index in [1.807, 2.05) is 6.07 Å². The normalized spacial score (nSPS) is 13.0. The molecule has 0 bridgehead atoms. The summed E-state index contributed by atoms with van der Waals surface area (Å²) in [7, 11) is 0. The maximum Gasteiger partial charge on any atom is 0.134 e. The molecule has 0 spiro atoms. The van der Waals surface area contributed by atoms with Crippen molar-refractivity contribution in [3.05, 3.63) is 24.3 Å². The highest BCUT2D eigenvalue weighted by Gasteiger charge is 2.36. The fourth-order valence-corrected chi connectivity index (χ4v) is 0.957. The molecule has 1 heterocycles. The molecule has 2 heteroatoms. The third-order valence-corrected chi connectivity index (χ3v) is 3.00. The minimum absolute atomic E-state index is 0.00819. The summed E-state index contributed by atoms with van der Waals surface area (Å²) in [5.41, 5.74) is 0.183. The van der Waals surface area contributed by atoms with E-state index >= 15 is 0 Å². The van der Waals surface area contributed by atoms with Crippen molar-refractivity contribution in [1.29, 1.82) is 0 Å². The molecule has 0 amide bonds. The summed E-state index contributed by atoms with van der Waals surface area (Å²) in [6.45, 7) is 11.0. The van der Waals surface area contributed by atoms with Crippen LogP contribution in [0.25, 0.3) is 0 Å². The van der Waals surface area contributed by atoms with Crippen LogP contribution in [0.1, 0.15) is 40.4 Å². The predicted octanol–water partition coefficient (Wildman–Crippen LogP) is 2.80. The Kier molecular flexibility index (Phi) is 2.42. The van der Waals surface area contributed by atoms with Crippen molar-refractivity contribution in [2.24, 2.45) is 5.41 Å². The van der Waals surface area contributed by atoms with Crippen molar-refractivity contribution in [3.63, 3.8) is 0 Å². The standard InChI is InChI=1S/C11H18N2/c1-10(2,3)11(4,5)9-12-7-6-8-13-9/h6-8H,1-5H3. The summed E-state index contributed by atoms with van der Waals surface area (Å²) in [6.07, 6.45) is 3.60. The average molecular weight is 178 g/mol. The minimum Gasteiger partial charge on any atom is -0.241 e. The van der Waals surface area contributed by atoms with Crippen LogP contribution >= 0.6 is 0 Å². The van der Waals surface area contributed by atoms with Gasteiger partial charge < -0.3 is 0 Å². The lowest BCUT2D eigenvalue weighted by molar-refractivity contribution is 0.213. The first-order valence-electron chi connectivity index (χ1n) is 4.63. The van der Waals surface area contributed by atoms with Crippen molar-refractivity contribution >= 4 is 0 Å². The van der Waals surface area contributed by atoms with E-state index in [-0.39, 0.29) is 10.8 Å². The zero-order valence-electron chi connectivity index (χ0n) is 9.13. The first-order valence-corrected chi connectivity index (χ1v) is 4.63. The van der Waals surface area contributed by atoms with E-state index in [1.54, 1.807) is 12.4 Å². The Hall–Kier alpha value is -0.920. The molecular weight excluding hydrogens is 160 g/mol. The predicted molar refractivity (Wildman–Crippen MR) is 54.5 cm³/mol. The van der Waals surface area contributed by atoms with Crippen LogP contribution in [0.3, 0.4) is 0 Å². The molecule has 0 aliphatic carbocycles. The van der Waals surface area contributed by atoms with Gasteiger partial charge in [-0.05, 0) is 11.5 Å². The van der Waals surface area contributed by atoms with Gasteiger partial charge in [-0.1, -0.05) is 34.6 Å². The molecule has 0 radical (unpaired) electrons. The second-order valence-corrected chi connectivity index (χ2v) is 4.95. The van der Waals surface area contributed by atoms with E-state index in [4.69, 9.17) is 0 Å². The lowest BCUT2D eigenvalue weighted by atomic mass is 9.69. The second-order valence-electron chi connectivity index (χ2n) is 4.95. The molecule has 0 N–H and O–H groups in total. The van der Waals surface area contributed by atoms with Crippen LogP contribution in [0, 0.1) is 5.41 Å². The zero-order chi connectivity index (χ0) is 10.1. The Morgan fingerprint density at radius 1 is 0.923 bits per heavy atom. The first-order chi connectivity index (χ1) is 5.86. The largest absolute Gasteiger partial charge is 0.241 e. The van der Waals surface area contributed by atoms with Gasteiger partial charge in [0.25, 0.3) is 0 Å². The number of rotatable bonds is 1. The summed E-state index contributed by atoms with van der Waals surface area (Å²) >= 11 is 0. The van der Waals surface area contributed by atoms with Gasteiger partial charge in [-0.3, -0.25) is 0 Å². The highest BCUT2D eigenvalue weighted by Crippen LogP contribution is 2.38. The topological polar surface area (TPSA) is 25.8 Å². The molecule has 1 aromatic rings. The summed E-state index contributed by atoms with van der Waals surface area (Å²) < 4.78 is 0.